The Bertz CT molecular complexity index is 1320. The number of ketones is 1. The van der Waals surface area contributed by atoms with Crippen molar-refractivity contribution in [2.24, 2.45) is 5.92 Å². The smallest absolute Gasteiger partial charge is 0.242 e. The fourth-order valence-electron chi connectivity index (χ4n) is 3.59. The van der Waals surface area contributed by atoms with Crippen LogP contribution < -0.4 is 14.8 Å². The molecule has 0 bridgehead atoms. The highest BCUT2D eigenvalue weighted by molar-refractivity contribution is 7.89. The lowest BCUT2D eigenvalue weighted by atomic mass is 9.90. The zero-order valence-electron chi connectivity index (χ0n) is 18.7. The summed E-state index contributed by atoms with van der Waals surface area (Å²) in [6, 6.07) is 19.8. The molecule has 1 atom stereocenters. The average Bonchev–Trinajstić information content (AvgIpc) is 3.30. The summed E-state index contributed by atoms with van der Waals surface area (Å²) in [7, 11) is -0.766. The third-order valence-electron chi connectivity index (χ3n) is 5.45. The molecule has 3 aromatic carbocycles. The zero-order chi connectivity index (χ0) is 24.3. The molecule has 34 heavy (non-hydrogen) atoms. The predicted octanol–water partition coefficient (Wildman–Crippen LogP) is 3.35. The molecule has 9 heteroatoms. The number of hydrogen-bond acceptors (Lipinski definition) is 6. The first-order valence-electron chi connectivity index (χ1n) is 10.6. The molecule has 1 amide bonds. The van der Waals surface area contributed by atoms with Gasteiger partial charge in [0.05, 0.1) is 4.90 Å². The van der Waals surface area contributed by atoms with Crippen LogP contribution in [0, 0.1) is 5.92 Å². The van der Waals surface area contributed by atoms with Crippen molar-refractivity contribution in [1.82, 2.24) is 4.31 Å². The Morgan fingerprint density at radius 1 is 0.941 bits per heavy atom. The first kappa shape index (κ1) is 23.5. The number of sulfonamides is 1. The molecule has 8 nitrogen and oxygen atoms in total. The van der Waals surface area contributed by atoms with Gasteiger partial charge < -0.3 is 14.8 Å². The number of nitrogens with zero attached hydrogens (tertiary/aromatic N) is 1. The van der Waals surface area contributed by atoms with E-state index in [-0.39, 0.29) is 23.9 Å². The minimum atomic E-state index is -3.66. The second kappa shape index (κ2) is 9.66. The van der Waals surface area contributed by atoms with E-state index in [1.165, 1.54) is 26.2 Å². The van der Waals surface area contributed by atoms with E-state index in [1.807, 2.05) is 0 Å². The van der Waals surface area contributed by atoms with Crippen molar-refractivity contribution in [2.45, 2.75) is 11.3 Å². The third kappa shape index (κ3) is 4.95. The summed E-state index contributed by atoms with van der Waals surface area (Å²) in [5.74, 6) is -0.863. The Labute approximate surface area is 198 Å². The van der Waals surface area contributed by atoms with Gasteiger partial charge in [-0.2, -0.15) is 0 Å². The molecule has 176 valence electrons. The zero-order valence-corrected chi connectivity index (χ0v) is 19.5. The summed E-state index contributed by atoms with van der Waals surface area (Å²) in [6.45, 7) is 0.105. The Morgan fingerprint density at radius 3 is 2.41 bits per heavy atom. The fourth-order valence-corrected chi connectivity index (χ4v) is 4.56. The van der Waals surface area contributed by atoms with Gasteiger partial charge in [-0.05, 0) is 36.2 Å². The van der Waals surface area contributed by atoms with E-state index in [4.69, 9.17) is 9.47 Å². The van der Waals surface area contributed by atoms with E-state index in [1.54, 1.807) is 60.7 Å². The van der Waals surface area contributed by atoms with E-state index in [9.17, 15) is 18.0 Å². The van der Waals surface area contributed by atoms with E-state index in [0.717, 1.165) is 4.31 Å². The maximum absolute atomic E-state index is 13.3. The number of ether oxygens (including phenoxy) is 2. The molecule has 3 aromatic rings. The van der Waals surface area contributed by atoms with Gasteiger partial charge in [0.25, 0.3) is 0 Å². The summed E-state index contributed by atoms with van der Waals surface area (Å²) in [6.07, 6.45) is 0.0287. The van der Waals surface area contributed by atoms with Crippen LogP contribution in [0.5, 0.6) is 11.5 Å². The van der Waals surface area contributed by atoms with Crippen LogP contribution in [0.15, 0.2) is 77.7 Å². The number of anilines is 1. The van der Waals surface area contributed by atoms with Crippen LogP contribution in [0.3, 0.4) is 0 Å². The largest absolute Gasteiger partial charge is 0.454 e. The van der Waals surface area contributed by atoms with E-state index < -0.39 is 21.8 Å². The number of Topliss-reactive ketones (excluding diaryl/α,β-unsaturated/α-hetero) is 1. The van der Waals surface area contributed by atoms with Crippen molar-refractivity contribution >= 4 is 27.4 Å². The lowest BCUT2D eigenvalue weighted by Gasteiger charge is -2.18. The molecule has 0 saturated heterocycles. The van der Waals surface area contributed by atoms with Crippen molar-refractivity contribution in [2.75, 3.05) is 26.2 Å². The summed E-state index contributed by atoms with van der Waals surface area (Å²) in [4.78, 5) is 26.7. The number of nitrogens with one attached hydrogen (secondary N) is 1. The number of rotatable bonds is 8. The molecular formula is C25H24N2O6S. The van der Waals surface area contributed by atoms with E-state index in [2.05, 4.69) is 5.32 Å². The highest BCUT2D eigenvalue weighted by Crippen LogP contribution is 2.34. The number of carbonyl (C=O) groups is 2. The van der Waals surface area contributed by atoms with Crippen molar-refractivity contribution in [3.8, 4) is 11.5 Å². The quantitative estimate of drug-likeness (QED) is 0.392. The third-order valence-corrected chi connectivity index (χ3v) is 7.26. The number of fused-ring (bicyclic) bond motifs is 1. The van der Waals surface area contributed by atoms with Gasteiger partial charge in [-0.3, -0.25) is 9.59 Å². The van der Waals surface area contributed by atoms with Crippen molar-refractivity contribution in [3.05, 3.63) is 83.9 Å². The summed E-state index contributed by atoms with van der Waals surface area (Å²) in [5.41, 5.74) is 1.41. The monoisotopic (exact) mass is 480 g/mol. The first-order valence-corrected chi connectivity index (χ1v) is 12.0. The minimum absolute atomic E-state index is 0.0287. The second-order valence-corrected chi connectivity index (χ2v) is 10.1. The first-order chi connectivity index (χ1) is 16.3. The van der Waals surface area contributed by atoms with Crippen molar-refractivity contribution in [3.63, 3.8) is 0 Å². The molecule has 0 unspecified atom stereocenters. The maximum atomic E-state index is 13.3. The molecular weight excluding hydrogens is 456 g/mol. The van der Waals surface area contributed by atoms with Gasteiger partial charge in [-0.1, -0.05) is 42.5 Å². The summed E-state index contributed by atoms with van der Waals surface area (Å²) in [5, 5.41) is 2.78. The normalized spacial score (nSPS) is 13.5. The van der Waals surface area contributed by atoms with Crippen LogP contribution in [0.25, 0.3) is 0 Å². The highest BCUT2D eigenvalue weighted by atomic mass is 32.2. The maximum Gasteiger partial charge on any atom is 0.242 e. The molecule has 0 radical (unpaired) electrons. The lowest BCUT2D eigenvalue weighted by molar-refractivity contribution is -0.118. The van der Waals surface area contributed by atoms with Gasteiger partial charge >= 0.3 is 0 Å². The second-order valence-electron chi connectivity index (χ2n) is 7.98. The Balaban J connectivity index is 1.64. The molecule has 0 aromatic heterocycles. The van der Waals surface area contributed by atoms with Gasteiger partial charge in [0.1, 0.15) is 5.92 Å². The molecule has 1 aliphatic heterocycles. The molecule has 0 aliphatic carbocycles. The summed E-state index contributed by atoms with van der Waals surface area (Å²) >= 11 is 0. The molecule has 1 heterocycles. The van der Waals surface area contributed by atoms with Crippen molar-refractivity contribution in [1.29, 1.82) is 0 Å². The standard InChI is InChI=1S/C25H24N2O6S/c1-27(2)34(30,31)20-10-6-7-17(13-20)14-21(24(28)18-8-4-3-5-9-18)25(29)26-19-11-12-22-23(15-19)33-16-32-22/h3-13,15,21H,14,16H2,1-2H3,(H,26,29)/t21-/m0/s1. The average molecular weight is 481 g/mol. The van der Waals surface area contributed by atoms with Crippen LogP contribution in [-0.2, 0) is 21.2 Å². The molecule has 4 rings (SSSR count). The SMILES string of the molecule is CN(C)S(=O)(=O)c1cccc(C[C@H](C(=O)Nc2ccc3c(c2)OCO3)C(=O)c2ccccc2)c1. The van der Waals surface area contributed by atoms with E-state index >= 15 is 0 Å². The number of benzene rings is 3. The number of carbonyl (C=O) groups excluding carboxylic acids is 2. The topological polar surface area (TPSA) is 102 Å². The molecule has 0 spiro atoms. The highest BCUT2D eigenvalue weighted by Gasteiger charge is 2.29. The lowest BCUT2D eigenvalue weighted by Crippen LogP contribution is -2.31. The van der Waals surface area contributed by atoms with Crippen LogP contribution in [0.4, 0.5) is 5.69 Å². The fraction of sp³-hybridized carbons (Fsp3) is 0.200. The van der Waals surface area contributed by atoms with Crippen LogP contribution in [0.2, 0.25) is 0 Å². The van der Waals surface area contributed by atoms with Crippen LogP contribution in [0.1, 0.15) is 15.9 Å². The predicted molar refractivity (Wildman–Crippen MR) is 126 cm³/mol. The van der Waals surface area contributed by atoms with Gasteiger partial charge in [-0.15, -0.1) is 0 Å². The summed E-state index contributed by atoms with van der Waals surface area (Å²) < 4.78 is 36.9. The number of amides is 1. The number of hydrogen-bond donors (Lipinski definition) is 1. The molecule has 0 fully saturated rings. The van der Waals surface area contributed by atoms with Gasteiger partial charge in [0, 0.05) is 31.4 Å². The molecule has 1 N–H and O–H groups in total. The van der Waals surface area contributed by atoms with Gasteiger partial charge in [-0.25, -0.2) is 12.7 Å². The molecule has 0 saturated carbocycles. The van der Waals surface area contributed by atoms with Gasteiger partial charge in [0.2, 0.25) is 22.7 Å². The van der Waals surface area contributed by atoms with Crippen LogP contribution in [-0.4, -0.2) is 45.3 Å². The van der Waals surface area contributed by atoms with Gasteiger partial charge in [0.15, 0.2) is 17.3 Å². The Hall–Kier alpha value is -3.69. The minimum Gasteiger partial charge on any atom is -0.454 e. The van der Waals surface area contributed by atoms with Crippen molar-refractivity contribution < 1.29 is 27.5 Å². The Kier molecular flexibility index (Phi) is 6.67. The Morgan fingerprint density at radius 2 is 1.68 bits per heavy atom. The van der Waals surface area contributed by atoms with E-state index in [0.29, 0.717) is 28.3 Å². The molecule has 1 aliphatic rings. The van der Waals surface area contributed by atoms with Crippen LogP contribution >= 0.6 is 0 Å².